The summed E-state index contributed by atoms with van der Waals surface area (Å²) in [6, 6.07) is 23.5. The van der Waals surface area contributed by atoms with E-state index in [0.717, 1.165) is 42.7 Å². The van der Waals surface area contributed by atoms with Gasteiger partial charge in [-0.3, -0.25) is 10.1 Å². The fraction of sp³-hybridized carbons (Fsp3) is 0.214. The van der Waals surface area contributed by atoms with Gasteiger partial charge in [-0.15, -0.1) is 0 Å². The summed E-state index contributed by atoms with van der Waals surface area (Å²) in [5, 5.41) is 18.4. The van der Waals surface area contributed by atoms with Gasteiger partial charge >= 0.3 is 0 Å². The topological polar surface area (TPSA) is 131 Å². The predicted octanol–water partition coefficient (Wildman–Crippen LogP) is 5.54. The highest BCUT2D eigenvalue weighted by atomic mass is 16.6. The van der Waals surface area contributed by atoms with Crippen LogP contribution in [0, 0.1) is 10.1 Å². The fourth-order valence-corrected chi connectivity index (χ4v) is 4.09. The van der Waals surface area contributed by atoms with E-state index in [-0.39, 0.29) is 12.3 Å². The van der Waals surface area contributed by atoms with Gasteiger partial charge in [-0.25, -0.2) is 5.43 Å². The van der Waals surface area contributed by atoms with E-state index in [2.05, 4.69) is 35.7 Å². The maximum atomic E-state index is 10.8. The molecule has 2 N–H and O–H groups in total. The van der Waals surface area contributed by atoms with Crippen LogP contribution in [0.3, 0.4) is 0 Å². The summed E-state index contributed by atoms with van der Waals surface area (Å²) >= 11 is 0. The molecule has 0 saturated carbocycles. The van der Waals surface area contributed by atoms with Crippen LogP contribution in [-0.2, 0) is 6.61 Å². The lowest BCUT2D eigenvalue weighted by molar-refractivity contribution is -0.384. The van der Waals surface area contributed by atoms with Crippen molar-refractivity contribution in [2.75, 3.05) is 28.7 Å². The minimum Gasteiger partial charge on any atom is -0.489 e. The number of non-ortho nitro benzene ring substituents is 1. The SMILES string of the molecule is O=[N+]([O-])c1ccc(COc2cccc(/C=N/Nc3nc(Nc4ccccc4)nc(N4CCCCC4)n3)c2)cc1. The Labute approximate surface area is 225 Å². The fourth-order valence-electron chi connectivity index (χ4n) is 4.09. The summed E-state index contributed by atoms with van der Waals surface area (Å²) in [6.07, 6.45) is 5.09. The number of nitrogens with one attached hydrogen (secondary N) is 2. The highest BCUT2D eigenvalue weighted by Crippen LogP contribution is 2.21. The number of hydrogen-bond acceptors (Lipinski definition) is 10. The van der Waals surface area contributed by atoms with Gasteiger partial charge in [0.2, 0.25) is 17.8 Å². The first-order valence-corrected chi connectivity index (χ1v) is 12.7. The van der Waals surface area contributed by atoms with Crippen molar-refractivity contribution in [1.82, 2.24) is 15.0 Å². The standard InChI is InChI=1S/C28H28N8O3/c37-36(38)24-14-12-21(13-15-24)20-39-25-11-7-8-22(18-25)19-29-34-27-31-26(30-23-9-3-1-4-10-23)32-28(33-27)35-16-5-2-6-17-35/h1,3-4,7-15,18-19H,2,5-6,16-17,20H2,(H2,30,31,32,33,34)/b29-19+. The third-order valence-corrected chi connectivity index (χ3v) is 6.08. The first-order valence-electron chi connectivity index (χ1n) is 12.7. The van der Waals surface area contributed by atoms with E-state index in [1.807, 2.05) is 54.6 Å². The highest BCUT2D eigenvalue weighted by Gasteiger charge is 2.16. The van der Waals surface area contributed by atoms with Crippen molar-refractivity contribution in [3.8, 4) is 5.75 Å². The maximum Gasteiger partial charge on any atom is 0.269 e. The predicted molar refractivity (Wildman–Crippen MR) is 151 cm³/mol. The van der Waals surface area contributed by atoms with Crippen molar-refractivity contribution >= 4 is 35.4 Å². The molecule has 1 saturated heterocycles. The quantitative estimate of drug-likeness (QED) is 0.156. The minimum absolute atomic E-state index is 0.0497. The number of nitro groups is 1. The summed E-state index contributed by atoms with van der Waals surface area (Å²) in [7, 11) is 0. The molecule has 11 heteroatoms. The van der Waals surface area contributed by atoms with E-state index >= 15 is 0 Å². The largest absolute Gasteiger partial charge is 0.489 e. The molecule has 2 heterocycles. The molecular weight excluding hydrogens is 496 g/mol. The monoisotopic (exact) mass is 524 g/mol. The molecule has 0 aliphatic carbocycles. The van der Waals surface area contributed by atoms with Crippen molar-refractivity contribution < 1.29 is 9.66 Å². The summed E-state index contributed by atoms with van der Waals surface area (Å²) in [5.74, 6) is 2.05. The van der Waals surface area contributed by atoms with Gasteiger partial charge in [-0.2, -0.15) is 20.1 Å². The molecule has 0 radical (unpaired) electrons. The van der Waals surface area contributed by atoms with Crippen LogP contribution in [0.15, 0.2) is 84.0 Å². The number of rotatable bonds is 10. The van der Waals surface area contributed by atoms with Crippen LogP contribution in [0.1, 0.15) is 30.4 Å². The number of piperidine rings is 1. The molecule has 5 rings (SSSR count). The average molecular weight is 525 g/mol. The van der Waals surface area contributed by atoms with Gasteiger partial charge in [-0.1, -0.05) is 30.3 Å². The number of aromatic nitrogens is 3. The zero-order valence-corrected chi connectivity index (χ0v) is 21.2. The van der Waals surface area contributed by atoms with Gasteiger partial charge in [0.05, 0.1) is 11.1 Å². The number of hydrazone groups is 1. The second kappa shape index (κ2) is 12.5. The lowest BCUT2D eigenvalue weighted by atomic mass is 10.1. The molecule has 0 spiro atoms. The summed E-state index contributed by atoms with van der Waals surface area (Å²) in [5.41, 5.74) is 5.52. The van der Waals surface area contributed by atoms with E-state index < -0.39 is 4.92 Å². The molecule has 1 fully saturated rings. The number of ether oxygens (including phenoxy) is 1. The molecule has 0 amide bonds. The van der Waals surface area contributed by atoms with E-state index in [1.54, 1.807) is 18.3 Å². The van der Waals surface area contributed by atoms with Crippen molar-refractivity contribution in [3.63, 3.8) is 0 Å². The molecule has 0 bridgehead atoms. The minimum atomic E-state index is -0.423. The Kier molecular flexibility index (Phi) is 8.17. The third-order valence-electron chi connectivity index (χ3n) is 6.08. The lowest BCUT2D eigenvalue weighted by Crippen LogP contribution is -2.31. The van der Waals surface area contributed by atoms with Gasteiger partial charge in [0, 0.05) is 30.9 Å². The van der Waals surface area contributed by atoms with Gasteiger partial charge in [0.1, 0.15) is 12.4 Å². The Balaban J connectivity index is 1.25. The molecular formula is C28H28N8O3. The lowest BCUT2D eigenvalue weighted by Gasteiger charge is -2.26. The van der Waals surface area contributed by atoms with Gasteiger partial charge < -0.3 is 15.0 Å². The van der Waals surface area contributed by atoms with Gasteiger partial charge in [-0.05, 0) is 66.8 Å². The zero-order valence-electron chi connectivity index (χ0n) is 21.2. The average Bonchev–Trinajstić information content (AvgIpc) is 2.97. The summed E-state index contributed by atoms with van der Waals surface area (Å²) < 4.78 is 5.85. The Hall–Kier alpha value is -5.06. The van der Waals surface area contributed by atoms with Crippen molar-refractivity contribution in [2.24, 2.45) is 5.10 Å². The summed E-state index contributed by atoms with van der Waals surface area (Å²) in [6.45, 7) is 2.10. The maximum absolute atomic E-state index is 10.8. The van der Waals surface area contributed by atoms with Crippen LogP contribution >= 0.6 is 0 Å². The van der Waals surface area contributed by atoms with E-state index in [9.17, 15) is 10.1 Å². The molecule has 1 aliphatic rings. The molecule has 0 unspecified atom stereocenters. The Bertz CT molecular complexity index is 1420. The van der Waals surface area contributed by atoms with E-state index in [4.69, 9.17) is 4.74 Å². The molecule has 4 aromatic rings. The Morgan fingerprint density at radius 3 is 2.46 bits per heavy atom. The first kappa shape index (κ1) is 25.6. The van der Waals surface area contributed by atoms with Crippen molar-refractivity contribution in [3.05, 3.63) is 100 Å². The number of hydrogen-bond donors (Lipinski definition) is 2. The van der Waals surface area contributed by atoms with Crippen LogP contribution in [0.5, 0.6) is 5.75 Å². The first-order chi connectivity index (χ1) is 19.1. The van der Waals surface area contributed by atoms with Crippen LogP contribution in [0.25, 0.3) is 0 Å². The van der Waals surface area contributed by atoms with Gasteiger partial charge in [0.15, 0.2) is 0 Å². The third kappa shape index (κ3) is 7.25. The number of anilines is 4. The summed E-state index contributed by atoms with van der Waals surface area (Å²) in [4.78, 5) is 26.3. The zero-order chi connectivity index (χ0) is 26.9. The molecule has 1 aliphatic heterocycles. The van der Waals surface area contributed by atoms with Gasteiger partial charge in [0.25, 0.3) is 5.69 Å². The Morgan fingerprint density at radius 2 is 1.69 bits per heavy atom. The number of nitrogens with zero attached hydrogens (tertiary/aromatic N) is 6. The van der Waals surface area contributed by atoms with Crippen molar-refractivity contribution in [2.45, 2.75) is 25.9 Å². The van der Waals surface area contributed by atoms with E-state index in [1.165, 1.54) is 18.6 Å². The van der Waals surface area contributed by atoms with Crippen molar-refractivity contribution in [1.29, 1.82) is 0 Å². The smallest absolute Gasteiger partial charge is 0.269 e. The van der Waals surface area contributed by atoms with Crippen LogP contribution in [0.4, 0.5) is 29.2 Å². The number of benzene rings is 3. The second-order valence-corrected chi connectivity index (χ2v) is 8.98. The molecule has 3 aromatic carbocycles. The second-order valence-electron chi connectivity index (χ2n) is 8.98. The van der Waals surface area contributed by atoms with Crippen LogP contribution in [0.2, 0.25) is 0 Å². The van der Waals surface area contributed by atoms with Crippen LogP contribution in [-0.4, -0.2) is 39.2 Å². The van der Waals surface area contributed by atoms with Crippen LogP contribution < -0.4 is 20.4 Å². The molecule has 0 atom stereocenters. The molecule has 1 aromatic heterocycles. The Morgan fingerprint density at radius 1 is 0.923 bits per heavy atom. The normalized spacial score (nSPS) is 13.3. The molecule has 11 nitrogen and oxygen atoms in total. The molecule has 198 valence electrons. The molecule has 39 heavy (non-hydrogen) atoms. The highest BCUT2D eigenvalue weighted by molar-refractivity contribution is 5.80. The van der Waals surface area contributed by atoms with E-state index in [0.29, 0.717) is 23.6 Å². The number of para-hydroxylation sites is 1. The number of nitro benzene ring substituents is 1.